The van der Waals surface area contributed by atoms with Crippen LogP contribution in [0, 0.1) is 5.82 Å². The molecule has 0 spiro atoms. The molecule has 4 nitrogen and oxygen atoms in total. The Kier molecular flexibility index (Phi) is 5.14. The smallest absolute Gasteiger partial charge is 0.416 e. The number of halogens is 4. The van der Waals surface area contributed by atoms with Crippen LogP contribution in [0.5, 0.6) is 0 Å². The van der Waals surface area contributed by atoms with Gasteiger partial charge in [-0.05, 0) is 48.0 Å². The molecule has 0 saturated heterocycles. The van der Waals surface area contributed by atoms with E-state index < -0.39 is 17.6 Å². The maximum atomic E-state index is 13.4. The van der Waals surface area contributed by atoms with Crippen molar-refractivity contribution in [1.82, 2.24) is 14.8 Å². The summed E-state index contributed by atoms with van der Waals surface area (Å²) in [7, 11) is 0. The van der Waals surface area contributed by atoms with Gasteiger partial charge in [-0.2, -0.15) is 13.2 Å². The first-order valence-corrected chi connectivity index (χ1v) is 9.45. The predicted octanol–water partition coefficient (Wildman–Crippen LogP) is 5.98. The molecular weight excluding hydrogens is 406 g/mol. The number of furan rings is 1. The quantitative estimate of drug-likeness (QED) is 0.295. The number of alkyl halides is 3. The van der Waals surface area contributed by atoms with E-state index in [9.17, 15) is 17.6 Å². The summed E-state index contributed by atoms with van der Waals surface area (Å²) in [5.41, 5.74) is 0.0132. The Hall–Kier alpha value is -3.07. The molecule has 0 fully saturated rings. The minimum Gasteiger partial charge on any atom is -0.461 e. The van der Waals surface area contributed by atoms with E-state index >= 15 is 0 Å². The van der Waals surface area contributed by atoms with Crippen molar-refractivity contribution >= 4 is 11.8 Å². The number of rotatable bonds is 5. The summed E-state index contributed by atoms with van der Waals surface area (Å²) >= 11 is 1.10. The Morgan fingerprint density at radius 2 is 1.69 bits per heavy atom. The van der Waals surface area contributed by atoms with Gasteiger partial charge in [0.1, 0.15) is 5.82 Å². The van der Waals surface area contributed by atoms with Crippen LogP contribution < -0.4 is 0 Å². The van der Waals surface area contributed by atoms with E-state index in [4.69, 9.17) is 4.42 Å². The van der Waals surface area contributed by atoms with Crippen LogP contribution in [0.1, 0.15) is 11.1 Å². The molecular formula is C20H13F4N3OS. The third-order valence-corrected chi connectivity index (χ3v) is 5.12. The SMILES string of the molecule is Fc1ccc(-n2c(SCc3ccccc3C(F)(F)F)nnc2-c2ccco2)cc1. The van der Waals surface area contributed by atoms with Crippen molar-refractivity contribution < 1.29 is 22.0 Å². The van der Waals surface area contributed by atoms with Gasteiger partial charge in [0.2, 0.25) is 5.82 Å². The molecule has 29 heavy (non-hydrogen) atoms. The van der Waals surface area contributed by atoms with Crippen LogP contribution >= 0.6 is 11.8 Å². The number of thioether (sulfide) groups is 1. The van der Waals surface area contributed by atoms with Gasteiger partial charge in [0.25, 0.3) is 0 Å². The summed E-state index contributed by atoms with van der Waals surface area (Å²) in [6.45, 7) is 0. The average Bonchev–Trinajstić information content (AvgIpc) is 3.36. The van der Waals surface area contributed by atoms with Crippen LogP contribution in [-0.4, -0.2) is 14.8 Å². The van der Waals surface area contributed by atoms with Gasteiger partial charge in [-0.15, -0.1) is 10.2 Å². The van der Waals surface area contributed by atoms with Crippen LogP contribution in [0.4, 0.5) is 17.6 Å². The van der Waals surface area contributed by atoms with Crippen molar-refractivity contribution in [3.8, 4) is 17.3 Å². The van der Waals surface area contributed by atoms with Crippen LogP contribution in [-0.2, 0) is 11.9 Å². The molecule has 9 heteroatoms. The molecule has 0 unspecified atom stereocenters. The second-order valence-corrected chi connectivity index (χ2v) is 6.98. The van der Waals surface area contributed by atoms with E-state index in [1.54, 1.807) is 34.9 Å². The van der Waals surface area contributed by atoms with E-state index in [2.05, 4.69) is 10.2 Å². The van der Waals surface area contributed by atoms with E-state index in [0.29, 0.717) is 22.4 Å². The fraction of sp³-hybridized carbons (Fsp3) is 0.100. The molecule has 0 saturated carbocycles. The molecule has 148 valence electrons. The fourth-order valence-electron chi connectivity index (χ4n) is 2.82. The average molecular weight is 419 g/mol. The third-order valence-electron chi connectivity index (χ3n) is 4.14. The summed E-state index contributed by atoms with van der Waals surface area (Å²) in [5, 5.41) is 8.60. The summed E-state index contributed by atoms with van der Waals surface area (Å²) in [5.74, 6) is 0.431. The highest BCUT2D eigenvalue weighted by Gasteiger charge is 2.33. The van der Waals surface area contributed by atoms with Gasteiger partial charge in [-0.3, -0.25) is 4.57 Å². The van der Waals surface area contributed by atoms with Crippen LogP contribution in [0.3, 0.4) is 0 Å². The van der Waals surface area contributed by atoms with Crippen molar-refractivity contribution in [2.24, 2.45) is 0 Å². The molecule has 0 radical (unpaired) electrons. The van der Waals surface area contributed by atoms with Crippen molar-refractivity contribution in [2.75, 3.05) is 0 Å². The van der Waals surface area contributed by atoms with Crippen molar-refractivity contribution in [3.05, 3.63) is 83.9 Å². The highest BCUT2D eigenvalue weighted by molar-refractivity contribution is 7.98. The molecule has 2 heterocycles. The lowest BCUT2D eigenvalue weighted by Gasteiger charge is -2.13. The Balaban J connectivity index is 1.71. The second-order valence-electron chi connectivity index (χ2n) is 6.04. The first-order chi connectivity index (χ1) is 13.9. The molecule has 2 aromatic carbocycles. The van der Waals surface area contributed by atoms with Crippen LogP contribution in [0.25, 0.3) is 17.3 Å². The Morgan fingerprint density at radius 1 is 0.931 bits per heavy atom. The Morgan fingerprint density at radius 3 is 2.38 bits per heavy atom. The van der Waals surface area contributed by atoms with Gasteiger partial charge in [0, 0.05) is 5.75 Å². The third kappa shape index (κ3) is 4.04. The zero-order chi connectivity index (χ0) is 20.4. The lowest BCUT2D eigenvalue weighted by molar-refractivity contribution is -0.138. The molecule has 2 aromatic heterocycles. The summed E-state index contributed by atoms with van der Waals surface area (Å²) in [6.07, 6.45) is -2.97. The second kappa shape index (κ2) is 7.75. The molecule has 0 aliphatic rings. The largest absolute Gasteiger partial charge is 0.461 e. The number of hydrogen-bond acceptors (Lipinski definition) is 4. The molecule has 0 aliphatic heterocycles. The number of hydrogen-bond donors (Lipinski definition) is 0. The first kappa shape index (κ1) is 19.3. The lowest BCUT2D eigenvalue weighted by Crippen LogP contribution is -2.08. The lowest BCUT2D eigenvalue weighted by atomic mass is 10.1. The summed E-state index contributed by atoms with van der Waals surface area (Å²) in [4.78, 5) is 0. The molecule has 0 N–H and O–H groups in total. The van der Waals surface area contributed by atoms with Crippen LogP contribution in [0.2, 0.25) is 0 Å². The van der Waals surface area contributed by atoms with Crippen molar-refractivity contribution in [3.63, 3.8) is 0 Å². The normalized spacial score (nSPS) is 11.7. The number of aromatic nitrogens is 3. The van der Waals surface area contributed by atoms with E-state index in [0.717, 1.165) is 17.8 Å². The molecule has 0 aliphatic carbocycles. The predicted molar refractivity (Wildman–Crippen MR) is 100 cm³/mol. The van der Waals surface area contributed by atoms with Gasteiger partial charge in [-0.25, -0.2) is 4.39 Å². The zero-order valence-electron chi connectivity index (χ0n) is 14.7. The minimum atomic E-state index is -4.44. The Labute approximate surface area is 167 Å². The standard InChI is InChI=1S/C20H13F4N3OS/c21-14-7-9-15(10-8-14)27-18(17-6-3-11-28-17)25-26-19(27)29-12-13-4-1-2-5-16(13)20(22,23)24/h1-11H,12H2. The van der Waals surface area contributed by atoms with Gasteiger partial charge in [0.15, 0.2) is 10.9 Å². The highest BCUT2D eigenvalue weighted by Crippen LogP contribution is 2.35. The Bertz CT molecular complexity index is 1110. The van der Waals surface area contributed by atoms with Crippen molar-refractivity contribution in [1.29, 1.82) is 0 Å². The summed E-state index contributed by atoms with van der Waals surface area (Å²) < 4.78 is 60.1. The van der Waals surface area contributed by atoms with Gasteiger partial charge >= 0.3 is 6.18 Å². The molecule has 0 atom stereocenters. The number of benzene rings is 2. The highest BCUT2D eigenvalue weighted by atomic mass is 32.2. The van der Waals surface area contributed by atoms with Gasteiger partial charge in [0.05, 0.1) is 17.5 Å². The van der Waals surface area contributed by atoms with E-state index in [-0.39, 0.29) is 11.3 Å². The molecule has 4 rings (SSSR count). The van der Waals surface area contributed by atoms with Gasteiger partial charge in [-0.1, -0.05) is 30.0 Å². The molecule has 4 aromatic rings. The van der Waals surface area contributed by atoms with E-state index in [1.807, 2.05) is 0 Å². The first-order valence-electron chi connectivity index (χ1n) is 8.46. The molecule has 0 bridgehead atoms. The van der Waals surface area contributed by atoms with Crippen LogP contribution in [0.15, 0.2) is 76.5 Å². The monoisotopic (exact) mass is 419 g/mol. The fourth-order valence-corrected chi connectivity index (χ4v) is 3.77. The summed E-state index contributed by atoms with van der Waals surface area (Å²) in [6, 6.07) is 14.4. The minimum absolute atomic E-state index is 0.0349. The molecule has 0 amide bonds. The maximum absolute atomic E-state index is 13.4. The van der Waals surface area contributed by atoms with E-state index in [1.165, 1.54) is 30.5 Å². The van der Waals surface area contributed by atoms with Gasteiger partial charge < -0.3 is 4.42 Å². The number of nitrogens with zero attached hydrogens (tertiary/aromatic N) is 3. The topological polar surface area (TPSA) is 43.9 Å². The van der Waals surface area contributed by atoms with Crippen molar-refractivity contribution in [2.45, 2.75) is 17.1 Å². The zero-order valence-corrected chi connectivity index (χ0v) is 15.5. The maximum Gasteiger partial charge on any atom is 0.416 e.